The summed E-state index contributed by atoms with van der Waals surface area (Å²) in [7, 11) is 8.53. The average molecular weight is 208 g/mol. The maximum absolute atomic E-state index is 2.86. The molecule has 0 heterocycles. The van der Waals surface area contributed by atoms with Crippen molar-refractivity contribution in [2.75, 3.05) is 6.26 Å². The van der Waals surface area contributed by atoms with E-state index in [0.29, 0.717) is 0 Å². The second-order valence-corrected chi connectivity index (χ2v) is 20.1. The fraction of sp³-hybridized carbons (Fsp3) is 1.00. The van der Waals surface area contributed by atoms with Gasteiger partial charge in [0.15, 0.2) is 0 Å². The molecule has 7 heavy (non-hydrogen) atoms. The van der Waals surface area contributed by atoms with Gasteiger partial charge in [0.1, 0.15) is 0 Å². The van der Waals surface area contributed by atoms with E-state index in [-0.39, 0.29) is 13.5 Å². The summed E-state index contributed by atoms with van der Waals surface area (Å²) in [5.74, 6) is 0. The van der Waals surface area contributed by atoms with E-state index in [9.17, 15) is 0 Å². The van der Waals surface area contributed by atoms with E-state index < -0.39 is 0 Å². The van der Waals surface area contributed by atoms with Crippen LogP contribution in [0.25, 0.3) is 0 Å². The summed E-state index contributed by atoms with van der Waals surface area (Å²) in [4.78, 5) is 0. The summed E-state index contributed by atoms with van der Waals surface area (Å²) >= 11 is 1.95. The van der Waals surface area contributed by atoms with E-state index in [1.807, 2.05) is 11.4 Å². The van der Waals surface area contributed by atoms with Crippen molar-refractivity contribution in [2.24, 2.45) is 0 Å². The summed E-state index contributed by atoms with van der Waals surface area (Å²) in [6.07, 6.45) is 2.15. The standard InChI is InChI=1S/CH9P5S/c1-7-6(4)5(2)3/h2-4H2,1H3. The second kappa shape index (κ2) is 5.30. The first-order valence-corrected chi connectivity index (χ1v) is 11.6. The largest absolute Gasteiger partial charge is 0.128 e. The van der Waals surface area contributed by atoms with Crippen molar-refractivity contribution in [3.63, 3.8) is 0 Å². The van der Waals surface area contributed by atoms with Crippen LogP contribution in [-0.2, 0) is 0 Å². The zero-order valence-electron chi connectivity index (χ0n) is 4.03. The van der Waals surface area contributed by atoms with Gasteiger partial charge in [0, 0.05) is 6.50 Å². The van der Waals surface area contributed by atoms with Crippen LogP contribution in [0, 0.1) is 0 Å². The van der Waals surface area contributed by atoms with E-state index in [1.54, 1.807) is 0 Å². The van der Waals surface area contributed by atoms with Crippen LogP contribution >= 0.6 is 51.7 Å². The van der Waals surface area contributed by atoms with E-state index in [0.717, 1.165) is 0 Å². The topological polar surface area (TPSA) is 0 Å². The summed E-state index contributed by atoms with van der Waals surface area (Å²) in [5.41, 5.74) is 0. The Morgan fingerprint density at radius 1 is 1.29 bits per heavy atom. The van der Waals surface area contributed by atoms with Gasteiger partial charge in [-0.2, -0.15) is 0 Å². The Hall–Kier alpha value is 2.50. The summed E-state index contributed by atoms with van der Waals surface area (Å²) in [6.45, 7) is 0.349. The summed E-state index contributed by atoms with van der Waals surface area (Å²) in [6, 6.07) is 0. The normalized spacial score (nSPS) is 15.0. The molecule has 0 spiro atoms. The SMILES string of the molecule is CSP(P)P(P)P. The zero-order valence-corrected chi connectivity index (χ0v) is 10.1. The molecule has 0 aromatic carbocycles. The van der Waals surface area contributed by atoms with Crippen molar-refractivity contribution in [2.45, 2.75) is 0 Å². The lowest BCUT2D eigenvalue weighted by Crippen LogP contribution is -1.32. The molecule has 6 heteroatoms. The van der Waals surface area contributed by atoms with Gasteiger partial charge in [-0.05, 0) is 13.2 Å². The Bertz CT molecular complexity index is 45.3. The Morgan fingerprint density at radius 3 is 1.71 bits per heavy atom. The van der Waals surface area contributed by atoms with Gasteiger partial charge >= 0.3 is 0 Å². The molecule has 0 fully saturated rings. The molecule has 0 rings (SSSR count). The third-order valence-electron chi connectivity index (χ3n) is 0.415. The third kappa shape index (κ3) is 4.97. The highest BCUT2D eigenvalue weighted by molar-refractivity contribution is 9.03. The Labute approximate surface area is 58.2 Å². The fourth-order valence-electron chi connectivity index (χ4n) is 0.0943. The molecule has 0 N–H and O–H groups in total. The molecule has 0 saturated carbocycles. The second-order valence-electron chi connectivity index (χ2n) is 0.865. The first-order chi connectivity index (χ1) is 3.18. The molecule has 44 valence electrons. The maximum atomic E-state index is 2.86. The molecule has 0 aliphatic heterocycles. The molecule has 0 bridgehead atoms. The highest BCUT2D eigenvalue weighted by Gasteiger charge is 2.01. The lowest BCUT2D eigenvalue weighted by atomic mass is 12.0. The van der Waals surface area contributed by atoms with Crippen LogP contribution < -0.4 is 0 Å². The van der Waals surface area contributed by atoms with Crippen molar-refractivity contribution in [1.82, 2.24) is 0 Å². The summed E-state index contributed by atoms with van der Waals surface area (Å²) in [5, 5.41) is 0. The Kier molecular flexibility index (Phi) is 7.19. The Balaban J connectivity index is 3.14. The van der Waals surface area contributed by atoms with Gasteiger partial charge in [-0.25, -0.2) is 0 Å². The molecule has 0 radical (unpaired) electrons. The van der Waals surface area contributed by atoms with Crippen molar-refractivity contribution >= 4 is 51.7 Å². The van der Waals surface area contributed by atoms with Crippen molar-refractivity contribution in [3.05, 3.63) is 0 Å². The molecule has 0 aliphatic carbocycles. The van der Waals surface area contributed by atoms with E-state index >= 15 is 0 Å². The van der Waals surface area contributed by atoms with E-state index in [1.165, 1.54) is 0 Å². The van der Waals surface area contributed by atoms with Gasteiger partial charge in [0.25, 0.3) is 0 Å². The lowest BCUT2D eigenvalue weighted by Gasteiger charge is -2.10. The van der Waals surface area contributed by atoms with Crippen LogP contribution in [0.15, 0.2) is 0 Å². The fourth-order valence-corrected chi connectivity index (χ4v) is 7.64. The molecular formula is CH9P5S. The number of hydrogen-bond donors (Lipinski definition) is 0. The van der Waals surface area contributed by atoms with Gasteiger partial charge in [0.05, 0.1) is 0 Å². The minimum atomic E-state index is 0.162. The molecule has 0 amide bonds. The maximum Gasteiger partial charge on any atom is 0.00385 e. The minimum Gasteiger partial charge on any atom is -0.128 e. The predicted octanol–water partition coefficient (Wildman–Crippen LogP) is 3.51. The zero-order chi connectivity index (χ0) is 5.86. The van der Waals surface area contributed by atoms with E-state index in [2.05, 4.69) is 33.0 Å². The molecule has 0 saturated heterocycles. The predicted molar refractivity (Wildman–Crippen MR) is 56.5 cm³/mol. The van der Waals surface area contributed by atoms with Crippen LogP contribution in [0.2, 0.25) is 0 Å². The first kappa shape index (κ1) is 9.50. The van der Waals surface area contributed by atoms with Crippen molar-refractivity contribution < 1.29 is 0 Å². The molecule has 0 aliphatic rings. The molecule has 0 aromatic heterocycles. The number of hydrogen-bond acceptors (Lipinski definition) is 1. The summed E-state index contributed by atoms with van der Waals surface area (Å²) < 4.78 is 0. The highest BCUT2D eigenvalue weighted by Crippen LogP contribution is 2.87. The van der Waals surface area contributed by atoms with Crippen molar-refractivity contribution in [1.29, 1.82) is 0 Å². The smallest absolute Gasteiger partial charge is 0.00385 e. The average Bonchev–Trinajstić information content (AvgIpc) is 1.65. The quantitative estimate of drug-likeness (QED) is 0.625. The molecule has 0 nitrogen and oxygen atoms in total. The molecular weight excluding hydrogens is 199 g/mol. The van der Waals surface area contributed by atoms with Crippen LogP contribution in [0.5, 0.6) is 0 Å². The molecule has 4 atom stereocenters. The van der Waals surface area contributed by atoms with E-state index in [4.69, 9.17) is 0 Å². The van der Waals surface area contributed by atoms with Crippen LogP contribution in [0.4, 0.5) is 0 Å². The van der Waals surface area contributed by atoms with Crippen molar-refractivity contribution in [3.8, 4) is 0 Å². The first-order valence-electron chi connectivity index (χ1n) is 1.57. The monoisotopic (exact) mass is 208 g/mol. The van der Waals surface area contributed by atoms with Gasteiger partial charge in [0.2, 0.25) is 0 Å². The highest BCUT2D eigenvalue weighted by atomic mass is 33.2. The van der Waals surface area contributed by atoms with Gasteiger partial charge in [-0.3, -0.25) is 0 Å². The minimum absolute atomic E-state index is 0.162. The third-order valence-corrected chi connectivity index (χ3v) is 23.5. The Morgan fingerprint density at radius 2 is 1.71 bits per heavy atom. The van der Waals surface area contributed by atoms with Crippen LogP contribution in [-0.4, -0.2) is 6.26 Å². The van der Waals surface area contributed by atoms with Gasteiger partial charge in [-0.15, -0.1) is 29.2 Å². The molecule has 4 unspecified atom stereocenters. The lowest BCUT2D eigenvalue weighted by molar-refractivity contribution is 2.54. The van der Waals surface area contributed by atoms with Gasteiger partial charge in [-0.1, -0.05) is 8.93 Å². The number of rotatable bonds is 2. The molecule has 0 aromatic rings. The van der Waals surface area contributed by atoms with Crippen LogP contribution in [0.3, 0.4) is 0 Å². The van der Waals surface area contributed by atoms with Gasteiger partial charge < -0.3 is 0 Å². The van der Waals surface area contributed by atoms with Crippen LogP contribution in [0.1, 0.15) is 0 Å².